The maximum absolute atomic E-state index is 5.51. The van der Waals surface area contributed by atoms with E-state index in [0.29, 0.717) is 19.7 Å². The highest BCUT2D eigenvalue weighted by Crippen LogP contribution is 2.13. The summed E-state index contributed by atoms with van der Waals surface area (Å²) in [6, 6.07) is 7.99. The van der Waals surface area contributed by atoms with Gasteiger partial charge < -0.3 is 15.4 Å². The minimum Gasteiger partial charge on any atom is -0.494 e. The molecule has 124 valence electrons. The first-order valence-corrected chi connectivity index (χ1v) is 7.79. The average Bonchev–Trinajstić information content (AvgIpc) is 2.96. The first-order valence-electron chi connectivity index (χ1n) is 7.79. The monoisotopic (exact) mass is 316 g/mol. The third-order valence-corrected chi connectivity index (χ3v) is 3.19. The van der Waals surface area contributed by atoms with Crippen molar-refractivity contribution < 1.29 is 4.74 Å². The molecule has 0 saturated carbocycles. The minimum absolute atomic E-state index is 0.571. The molecule has 1 heterocycles. The fraction of sp³-hybridized carbons (Fsp3) is 0.438. The third kappa shape index (κ3) is 5.28. The van der Waals surface area contributed by atoms with Gasteiger partial charge in [0.1, 0.15) is 17.9 Å². The number of hydrogen-bond donors (Lipinski definition) is 2. The highest BCUT2D eigenvalue weighted by molar-refractivity contribution is 5.79. The predicted molar refractivity (Wildman–Crippen MR) is 90.3 cm³/mol. The van der Waals surface area contributed by atoms with Gasteiger partial charge in [-0.1, -0.05) is 12.1 Å². The van der Waals surface area contributed by atoms with Crippen molar-refractivity contribution in [2.24, 2.45) is 12.0 Å². The molecule has 23 heavy (non-hydrogen) atoms. The van der Waals surface area contributed by atoms with Crippen LogP contribution in [0.25, 0.3) is 0 Å². The van der Waals surface area contributed by atoms with Crippen molar-refractivity contribution >= 4 is 5.96 Å². The Morgan fingerprint density at radius 3 is 2.87 bits per heavy atom. The molecule has 0 radical (unpaired) electrons. The Morgan fingerprint density at radius 2 is 2.17 bits per heavy atom. The Kier molecular flexibility index (Phi) is 6.40. The van der Waals surface area contributed by atoms with Crippen LogP contribution >= 0.6 is 0 Å². The Labute approximate surface area is 136 Å². The van der Waals surface area contributed by atoms with Crippen LogP contribution in [-0.2, 0) is 20.1 Å². The molecule has 7 heteroatoms. The summed E-state index contributed by atoms with van der Waals surface area (Å²) in [7, 11) is 1.87. The van der Waals surface area contributed by atoms with E-state index in [1.54, 1.807) is 11.0 Å². The van der Waals surface area contributed by atoms with Crippen LogP contribution in [0.2, 0.25) is 0 Å². The van der Waals surface area contributed by atoms with Gasteiger partial charge in [0.05, 0.1) is 19.7 Å². The maximum atomic E-state index is 5.51. The number of hydrogen-bond acceptors (Lipinski definition) is 4. The van der Waals surface area contributed by atoms with Gasteiger partial charge in [-0.3, -0.25) is 4.68 Å². The molecule has 0 spiro atoms. The zero-order chi connectivity index (χ0) is 16.5. The topological polar surface area (TPSA) is 76.4 Å². The van der Waals surface area contributed by atoms with Gasteiger partial charge in [0, 0.05) is 13.6 Å². The molecule has 2 aromatic rings. The van der Waals surface area contributed by atoms with Gasteiger partial charge in [-0.2, -0.15) is 5.10 Å². The van der Waals surface area contributed by atoms with E-state index >= 15 is 0 Å². The fourth-order valence-corrected chi connectivity index (χ4v) is 2.06. The lowest BCUT2D eigenvalue weighted by Crippen LogP contribution is -2.37. The Balaban J connectivity index is 1.97. The van der Waals surface area contributed by atoms with E-state index in [2.05, 4.69) is 25.7 Å². The molecule has 0 saturated heterocycles. The minimum atomic E-state index is 0.571. The molecular weight excluding hydrogens is 292 g/mol. The summed E-state index contributed by atoms with van der Waals surface area (Å²) in [5, 5.41) is 10.5. The number of guanidine groups is 1. The van der Waals surface area contributed by atoms with Gasteiger partial charge in [-0.05, 0) is 31.5 Å². The van der Waals surface area contributed by atoms with E-state index in [9.17, 15) is 0 Å². The third-order valence-electron chi connectivity index (χ3n) is 3.19. The molecule has 0 aliphatic carbocycles. The van der Waals surface area contributed by atoms with Crippen molar-refractivity contribution in [1.29, 1.82) is 0 Å². The SMILES string of the molecule is CCNC(=NCc1cccc(OCC)c1)NCc1ncnn1C. The van der Waals surface area contributed by atoms with E-state index in [0.717, 1.165) is 29.6 Å². The second kappa shape index (κ2) is 8.77. The van der Waals surface area contributed by atoms with Crippen LogP contribution in [0.15, 0.2) is 35.6 Å². The van der Waals surface area contributed by atoms with Gasteiger partial charge in [0.25, 0.3) is 0 Å². The molecule has 0 atom stereocenters. The first-order chi connectivity index (χ1) is 11.2. The number of nitrogens with zero attached hydrogens (tertiary/aromatic N) is 4. The molecular formula is C16H24N6O. The van der Waals surface area contributed by atoms with E-state index in [1.807, 2.05) is 45.2 Å². The molecule has 0 fully saturated rings. The van der Waals surface area contributed by atoms with Crippen LogP contribution in [0.4, 0.5) is 0 Å². The van der Waals surface area contributed by atoms with E-state index in [-0.39, 0.29) is 0 Å². The van der Waals surface area contributed by atoms with Crippen molar-refractivity contribution in [2.75, 3.05) is 13.2 Å². The van der Waals surface area contributed by atoms with Gasteiger partial charge in [-0.25, -0.2) is 9.98 Å². The van der Waals surface area contributed by atoms with Crippen molar-refractivity contribution in [1.82, 2.24) is 25.4 Å². The van der Waals surface area contributed by atoms with Crippen LogP contribution < -0.4 is 15.4 Å². The van der Waals surface area contributed by atoms with Crippen LogP contribution in [0.3, 0.4) is 0 Å². The highest BCUT2D eigenvalue weighted by Gasteiger charge is 2.03. The number of nitrogens with one attached hydrogen (secondary N) is 2. The summed E-state index contributed by atoms with van der Waals surface area (Å²) in [5.41, 5.74) is 1.10. The normalized spacial score (nSPS) is 11.3. The standard InChI is InChI=1S/C16H24N6O/c1-4-17-16(19-11-15-20-12-21-22(15)3)18-10-13-7-6-8-14(9-13)23-5-2/h6-9,12H,4-5,10-11H2,1-3H3,(H2,17,18,19). The Bertz CT molecular complexity index is 637. The second-order valence-corrected chi connectivity index (χ2v) is 4.93. The summed E-state index contributed by atoms with van der Waals surface area (Å²) in [6.07, 6.45) is 1.54. The number of aliphatic imine (C=N–C) groups is 1. The molecule has 0 aliphatic heterocycles. The maximum Gasteiger partial charge on any atom is 0.191 e. The zero-order valence-corrected chi connectivity index (χ0v) is 13.9. The lowest BCUT2D eigenvalue weighted by Gasteiger charge is -2.11. The van der Waals surface area contributed by atoms with Crippen LogP contribution in [0.5, 0.6) is 5.75 Å². The van der Waals surface area contributed by atoms with Crippen molar-refractivity contribution in [3.8, 4) is 5.75 Å². The van der Waals surface area contributed by atoms with Crippen molar-refractivity contribution in [2.45, 2.75) is 26.9 Å². The molecule has 0 amide bonds. The molecule has 0 bridgehead atoms. The van der Waals surface area contributed by atoms with E-state index in [4.69, 9.17) is 4.74 Å². The van der Waals surface area contributed by atoms with Gasteiger partial charge in [0.2, 0.25) is 0 Å². The molecule has 2 rings (SSSR count). The number of ether oxygens (including phenoxy) is 1. The fourth-order valence-electron chi connectivity index (χ4n) is 2.06. The first kappa shape index (κ1) is 16.8. The highest BCUT2D eigenvalue weighted by atomic mass is 16.5. The summed E-state index contributed by atoms with van der Waals surface area (Å²) >= 11 is 0. The Hall–Kier alpha value is -2.57. The van der Waals surface area contributed by atoms with Gasteiger partial charge in [0.15, 0.2) is 5.96 Å². The lowest BCUT2D eigenvalue weighted by molar-refractivity contribution is 0.340. The number of aryl methyl sites for hydroxylation is 1. The molecule has 7 nitrogen and oxygen atoms in total. The largest absolute Gasteiger partial charge is 0.494 e. The molecule has 2 N–H and O–H groups in total. The van der Waals surface area contributed by atoms with E-state index in [1.165, 1.54) is 0 Å². The molecule has 0 unspecified atom stereocenters. The van der Waals surface area contributed by atoms with E-state index < -0.39 is 0 Å². The van der Waals surface area contributed by atoms with Crippen molar-refractivity contribution in [3.63, 3.8) is 0 Å². The number of benzene rings is 1. The zero-order valence-electron chi connectivity index (χ0n) is 13.9. The predicted octanol–water partition coefficient (Wildman–Crippen LogP) is 1.47. The number of rotatable bonds is 7. The summed E-state index contributed by atoms with van der Waals surface area (Å²) < 4.78 is 7.25. The lowest BCUT2D eigenvalue weighted by atomic mass is 10.2. The van der Waals surface area contributed by atoms with Crippen LogP contribution in [-0.4, -0.2) is 33.9 Å². The van der Waals surface area contributed by atoms with Crippen LogP contribution in [0, 0.1) is 0 Å². The van der Waals surface area contributed by atoms with Crippen LogP contribution in [0.1, 0.15) is 25.2 Å². The number of aromatic nitrogens is 3. The summed E-state index contributed by atoms with van der Waals surface area (Å²) in [4.78, 5) is 8.78. The van der Waals surface area contributed by atoms with Gasteiger partial charge >= 0.3 is 0 Å². The summed E-state index contributed by atoms with van der Waals surface area (Å²) in [5.74, 6) is 2.48. The second-order valence-electron chi connectivity index (χ2n) is 4.93. The molecule has 1 aromatic heterocycles. The summed E-state index contributed by atoms with van der Waals surface area (Å²) in [6.45, 7) is 6.62. The van der Waals surface area contributed by atoms with Crippen molar-refractivity contribution in [3.05, 3.63) is 42.0 Å². The average molecular weight is 316 g/mol. The molecule has 0 aliphatic rings. The van der Waals surface area contributed by atoms with Gasteiger partial charge in [-0.15, -0.1) is 0 Å². The molecule has 1 aromatic carbocycles. The Morgan fingerprint density at radius 1 is 1.30 bits per heavy atom. The quantitative estimate of drug-likeness (QED) is 0.597. The smallest absolute Gasteiger partial charge is 0.191 e.